The number of alkyl halides is 3. The van der Waals surface area contributed by atoms with E-state index in [-0.39, 0.29) is 17.7 Å². The number of rotatable bonds is 6. The maximum atomic E-state index is 13.7. The van der Waals surface area contributed by atoms with Crippen LogP contribution in [-0.2, 0) is 22.2 Å². The summed E-state index contributed by atoms with van der Waals surface area (Å²) in [7, 11) is 1.33. The van der Waals surface area contributed by atoms with Gasteiger partial charge in [-0.05, 0) is 49.7 Å². The number of hydrogen-bond acceptors (Lipinski definition) is 3. The summed E-state index contributed by atoms with van der Waals surface area (Å²) in [5.74, 6) is -3.53. The van der Waals surface area contributed by atoms with E-state index in [4.69, 9.17) is 0 Å². The van der Waals surface area contributed by atoms with Gasteiger partial charge in [0.05, 0.1) is 23.4 Å². The summed E-state index contributed by atoms with van der Waals surface area (Å²) < 4.78 is 67.5. The third-order valence-corrected chi connectivity index (χ3v) is 5.29. The number of carbonyl (C=O) groups is 2. The molecule has 1 atom stereocenters. The molecule has 0 aliphatic rings. The van der Waals surface area contributed by atoms with Gasteiger partial charge in [-0.1, -0.05) is 12.1 Å². The van der Waals surface area contributed by atoms with Crippen molar-refractivity contribution in [2.75, 3.05) is 7.05 Å². The molecule has 0 saturated carbocycles. The van der Waals surface area contributed by atoms with Crippen molar-refractivity contribution in [1.29, 1.82) is 0 Å². The van der Waals surface area contributed by atoms with Crippen LogP contribution in [0.1, 0.15) is 34.1 Å². The molecule has 2 N–H and O–H groups in total. The van der Waals surface area contributed by atoms with E-state index >= 15 is 0 Å². The Hall–Kier alpha value is -3.76. The number of likely N-dealkylation sites (N-methyl/N-ethyl adjacent to an activating group) is 1. The van der Waals surface area contributed by atoms with Gasteiger partial charge in [-0.3, -0.25) is 9.59 Å². The van der Waals surface area contributed by atoms with Gasteiger partial charge in [-0.2, -0.15) is 18.3 Å². The molecule has 3 aromatic rings. The van der Waals surface area contributed by atoms with E-state index in [2.05, 4.69) is 15.7 Å². The zero-order valence-corrected chi connectivity index (χ0v) is 18.4. The van der Waals surface area contributed by atoms with Gasteiger partial charge in [0, 0.05) is 18.3 Å². The number of nitrogens with zero attached hydrogens (tertiary/aromatic N) is 2. The van der Waals surface area contributed by atoms with Gasteiger partial charge in [0.25, 0.3) is 0 Å². The van der Waals surface area contributed by atoms with Gasteiger partial charge in [-0.15, -0.1) is 0 Å². The zero-order valence-electron chi connectivity index (χ0n) is 18.4. The summed E-state index contributed by atoms with van der Waals surface area (Å²) in [5, 5.41) is 9.11. The number of benzene rings is 2. The van der Waals surface area contributed by atoms with Crippen molar-refractivity contribution in [3.05, 3.63) is 82.2 Å². The van der Waals surface area contributed by atoms with Crippen LogP contribution in [0, 0.1) is 25.5 Å². The third kappa shape index (κ3) is 5.24. The van der Waals surface area contributed by atoms with Crippen LogP contribution in [0.25, 0.3) is 5.69 Å². The SMILES string of the molecule is CNC(=O)C(NC(=O)Cc1c(C)nn(-c2cccc(C(F)(F)F)c2)c1C)c1ccc(F)c(F)c1. The Kier molecular flexibility index (Phi) is 7.04. The lowest BCUT2D eigenvalue weighted by Gasteiger charge is -2.18. The Balaban J connectivity index is 1.86. The lowest BCUT2D eigenvalue weighted by Crippen LogP contribution is -2.39. The topological polar surface area (TPSA) is 76.0 Å². The highest BCUT2D eigenvalue weighted by Gasteiger charge is 2.31. The highest BCUT2D eigenvalue weighted by atomic mass is 19.4. The van der Waals surface area contributed by atoms with E-state index < -0.39 is 41.2 Å². The maximum absolute atomic E-state index is 13.7. The second kappa shape index (κ2) is 9.62. The molecule has 0 bridgehead atoms. The van der Waals surface area contributed by atoms with Crippen molar-refractivity contribution >= 4 is 11.8 Å². The Morgan fingerprint density at radius 3 is 2.38 bits per heavy atom. The summed E-state index contributed by atoms with van der Waals surface area (Å²) in [4.78, 5) is 25.0. The Morgan fingerprint density at radius 1 is 1.06 bits per heavy atom. The minimum absolute atomic E-state index is 0.0414. The molecule has 0 radical (unpaired) electrons. The fourth-order valence-electron chi connectivity index (χ4n) is 3.51. The van der Waals surface area contributed by atoms with Crippen molar-refractivity contribution in [1.82, 2.24) is 20.4 Å². The quantitative estimate of drug-likeness (QED) is 0.525. The largest absolute Gasteiger partial charge is 0.416 e. The smallest absolute Gasteiger partial charge is 0.357 e. The Morgan fingerprint density at radius 2 is 1.76 bits per heavy atom. The van der Waals surface area contributed by atoms with Crippen molar-refractivity contribution in [2.24, 2.45) is 0 Å². The molecule has 11 heteroatoms. The second-order valence-corrected chi connectivity index (χ2v) is 7.57. The number of halogens is 5. The Bertz CT molecular complexity index is 1240. The first-order valence-electron chi connectivity index (χ1n) is 10.1. The predicted molar refractivity (Wildman–Crippen MR) is 113 cm³/mol. The number of amides is 2. The van der Waals surface area contributed by atoms with Crippen LogP contribution in [0.3, 0.4) is 0 Å². The fourth-order valence-corrected chi connectivity index (χ4v) is 3.51. The standard InChI is InChI=1S/C23H21F5N4O2/c1-12-17(13(2)32(31-12)16-6-4-5-15(10-16)23(26,27)28)11-20(33)30-21(22(34)29-3)14-7-8-18(24)19(25)9-14/h4-10,21H,11H2,1-3H3,(H,29,34)(H,30,33). The molecule has 0 fully saturated rings. The average Bonchev–Trinajstić information content (AvgIpc) is 3.06. The third-order valence-electron chi connectivity index (χ3n) is 5.29. The van der Waals surface area contributed by atoms with E-state index in [1.54, 1.807) is 13.8 Å². The van der Waals surface area contributed by atoms with Crippen molar-refractivity contribution in [2.45, 2.75) is 32.5 Å². The lowest BCUT2D eigenvalue weighted by molar-refractivity contribution is -0.137. The first-order chi connectivity index (χ1) is 15.9. The molecule has 0 aliphatic carbocycles. The van der Waals surface area contributed by atoms with E-state index in [1.165, 1.54) is 29.9 Å². The molecule has 1 heterocycles. The molecule has 34 heavy (non-hydrogen) atoms. The van der Waals surface area contributed by atoms with E-state index in [9.17, 15) is 31.5 Å². The number of aryl methyl sites for hydroxylation is 1. The van der Waals surface area contributed by atoms with E-state index in [0.29, 0.717) is 17.0 Å². The van der Waals surface area contributed by atoms with Crippen molar-refractivity contribution in [3.8, 4) is 5.69 Å². The van der Waals surface area contributed by atoms with Gasteiger partial charge in [0.2, 0.25) is 11.8 Å². The van der Waals surface area contributed by atoms with Crippen LogP contribution in [0.4, 0.5) is 22.0 Å². The minimum Gasteiger partial charge on any atom is -0.357 e. The Labute approximate surface area is 191 Å². The summed E-state index contributed by atoms with van der Waals surface area (Å²) in [5.41, 5.74) is 0.685. The number of aromatic nitrogens is 2. The van der Waals surface area contributed by atoms with Gasteiger partial charge in [-0.25, -0.2) is 13.5 Å². The van der Waals surface area contributed by atoms with E-state index in [0.717, 1.165) is 24.3 Å². The summed E-state index contributed by atoms with van der Waals surface area (Å²) in [6.07, 6.45) is -4.77. The summed E-state index contributed by atoms with van der Waals surface area (Å²) >= 11 is 0. The fraction of sp³-hybridized carbons (Fsp3) is 0.261. The van der Waals surface area contributed by atoms with Crippen LogP contribution in [0.5, 0.6) is 0 Å². The highest BCUT2D eigenvalue weighted by Crippen LogP contribution is 2.31. The first-order valence-corrected chi connectivity index (χ1v) is 10.1. The molecule has 1 unspecified atom stereocenters. The molecule has 0 aliphatic heterocycles. The lowest BCUT2D eigenvalue weighted by atomic mass is 10.0. The molecule has 180 valence electrons. The first kappa shape index (κ1) is 24.9. The monoisotopic (exact) mass is 480 g/mol. The average molecular weight is 480 g/mol. The van der Waals surface area contributed by atoms with Crippen molar-refractivity contribution in [3.63, 3.8) is 0 Å². The van der Waals surface area contributed by atoms with Gasteiger partial charge >= 0.3 is 6.18 Å². The van der Waals surface area contributed by atoms with Gasteiger partial charge < -0.3 is 10.6 Å². The molecule has 0 saturated heterocycles. The van der Waals surface area contributed by atoms with Crippen LogP contribution >= 0.6 is 0 Å². The number of carbonyl (C=O) groups excluding carboxylic acids is 2. The molecule has 0 spiro atoms. The minimum atomic E-state index is -4.52. The molecular weight excluding hydrogens is 459 g/mol. The van der Waals surface area contributed by atoms with Gasteiger partial charge in [0.15, 0.2) is 11.6 Å². The van der Waals surface area contributed by atoms with Crippen molar-refractivity contribution < 1.29 is 31.5 Å². The molecule has 2 aromatic carbocycles. The predicted octanol–water partition coefficient (Wildman–Crippen LogP) is 3.93. The second-order valence-electron chi connectivity index (χ2n) is 7.57. The van der Waals surface area contributed by atoms with Crippen LogP contribution < -0.4 is 10.6 Å². The molecule has 3 rings (SSSR count). The number of hydrogen-bond donors (Lipinski definition) is 2. The van der Waals surface area contributed by atoms with Gasteiger partial charge in [0.1, 0.15) is 6.04 Å². The van der Waals surface area contributed by atoms with E-state index in [1.807, 2.05) is 0 Å². The molecule has 1 aromatic heterocycles. The summed E-state index contributed by atoms with van der Waals surface area (Å²) in [6.45, 7) is 3.21. The normalized spacial score (nSPS) is 12.4. The molecule has 6 nitrogen and oxygen atoms in total. The zero-order chi connectivity index (χ0) is 25.2. The molecular formula is C23H21F5N4O2. The maximum Gasteiger partial charge on any atom is 0.416 e. The van der Waals surface area contributed by atoms with Crippen LogP contribution in [0.15, 0.2) is 42.5 Å². The van der Waals surface area contributed by atoms with Crippen LogP contribution in [0.2, 0.25) is 0 Å². The molecule has 2 amide bonds. The highest BCUT2D eigenvalue weighted by molar-refractivity contribution is 5.89. The number of nitrogens with one attached hydrogen (secondary N) is 2. The summed E-state index contributed by atoms with van der Waals surface area (Å²) in [6, 6.07) is 6.18. The van der Waals surface area contributed by atoms with Crippen LogP contribution in [-0.4, -0.2) is 28.6 Å².